The predicted molar refractivity (Wildman–Crippen MR) is 164 cm³/mol. The second-order valence-electron chi connectivity index (χ2n) is 10.6. The Morgan fingerprint density at radius 1 is 1.33 bits per heavy atom. The number of ether oxygens (including phenoxy) is 1. The molecule has 0 spiro atoms. The number of rotatable bonds is 9. The monoisotopic (exact) mass is 583 g/mol. The number of nitrogens with zero attached hydrogens (tertiary/aromatic N) is 7. The van der Waals surface area contributed by atoms with E-state index in [1.165, 1.54) is 0 Å². The van der Waals surface area contributed by atoms with Crippen LogP contribution in [0, 0.1) is 18.3 Å². The summed E-state index contributed by atoms with van der Waals surface area (Å²) in [6.45, 7) is 10.5. The minimum atomic E-state index is -1.87. The van der Waals surface area contributed by atoms with Crippen molar-refractivity contribution < 1.29 is 13.9 Å². The van der Waals surface area contributed by atoms with Crippen LogP contribution in [0.25, 0.3) is 17.5 Å². The Morgan fingerprint density at radius 2 is 2.09 bits per heavy atom. The molecule has 0 radical (unpaired) electrons. The Hall–Kier alpha value is -4.98. The second-order valence-corrected chi connectivity index (χ2v) is 10.6. The summed E-state index contributed by atoms with van der Waals surface area (Å²) in [4.78, 5) is 26.4. The number of carbonyl (C=O) groups excluding carboxylic acids is 1. The normalized spacial score (nSPS) is 16.7. The van der Waals surface area contributed by atoms with E-state index >= 15 is 0 Å². The van der Waals surface area contributed by atoms with Gasteiger partial charge in [0, 0.05) is 55.0 Å². The molecule has 2 aliphatic heterocycles. The van der Waals surface area contributed by atoms with Gasteiger partial charge in [0.15, 0.2) is 6.17 Å². The fourth-order valence-electron chi connectivity index (χ4n) is 5.47. The molecule has 1 aromatic carbocycles. The van der Waals surface area contributed by atoms with Crippen molar-refractivity contribution >= 4 is 35.1 Å². The third-order valence-corrected chi connectivity index (χ3v) is 7.67. The van der Waals surface area contributed by atoms with Crippen LogP contribution >= 0.6 is 0 Å². The molecule has 1 fully saturated rings. The van der Waals surface area contributed by atoms with Gasteiger partial charge in [-0.3, -0.25) is 4.79 Å². The first-order valence-electron chi connectivity index (χ1n) is 14.0. The van der Waals surface area contributed by atoms with Crippen LogP contribution in [-0.4, -0.2) is 77.1 Å². The van der Waals surface area contributed by atoms with Crippen molar-refractivity contribution in [2.75, 3.05) is 55.9 Å². The highest BCUT2D eigenvalue weighted by Crippen LogP contribution is 2.43. The number of hydrogen-bond donors (Lipinski definition) is 2. The molecule has 1 saturated heterocycles. The van der Waals surface area contributed by atoms with Crippen LogP contribution in [0.2, 0.25) is 0 Å². The first kappa shape index (κ1) is 29.5. The molecular weight excluding hydrogens is 549 g/mol. The number of likely N-dealkylation sites (N-methyl/N-ethyl adjacent to an activating group) is 1. The lowest BCUT2D eigenvalue weighted by molar-refractivity contribution is -0.119. The maximum absolute atomic E-state index is 14.3. The topological polar surface area (TPSA) is 124 Å². The van der Waals surface area contributed by atoms with E-state index in [9.17, 15) is 14.4 Å². The van der Waals surface area contributed by atoms with Crippen molar-refractivity contribution in [3.05, 3.63) is 59.7 Å². The Kier molecular flexibility index (Phi) is 8.57. The Bertz CT molecular complexity index is 1660. The number of alkyl halides is 1. The third-order valence-electron chi connectivity index (χ3n) is 7.67. The zero-order valence-corrected chi connectivity index (χ0v) is 24.7. The van der Waals surface area contributed by atoms with Gasteiger partial charge in [0.2, 0.25) is 5.95 Å². The molecule has 5 rings (SSSR count). The summed E-state index contributed by atoms with van der Waals surface area (Å²) in [6, 6.07) is 3.90. The first-order valence-corrected chi connectivity index (χ1v) is 14.0. The second kappa shape index (κ2) is 12.5. The summed E-state index contributed by atoms with van der Waals surface area (Å²) in [7, 11) is 3.63. The third kappa shape index (κ3) is 5.86. The highest BCUT2D eigenvalue weighted by Gasteiger charge is 2.27. The number of allylic oxidation sites excluding steroid dienone is 1. The number of nitriles is 1. The summed E-state index contributed by atoms with van der Waals surface area (Å²) < 4.78 is 21.9. The maximum Gasteiger partial charge on any atom is 0.263 e. The molecule has 12 heteroatoms. The standard InChI is InChI=1S/C31H34FN9O2/c1-6-23(32)30(42)36-24-16-25(29(43-5)20(3)28(24)40-14-12-39(4)13-15-40)37-31-34-17-21(9-10-33)26(38-31)22-18-35-41-11-7-8-19(2)27(22)41/h6,8,11,16-19,23H,1,9,12-15H2,2-5H3,(H,36,42)(H,34,37,38). The maximum atomic E-state index is 14.3. The quantitative estimate of drug-likeness (QED) is 0.278. The summed E-state index contributed by atoms with van der Waals surface area (Å²) >= 11 is 0. The van der Waals surface area contributed by atoms with Crippen molar-refractivity contribution in [2.24, 2.45) is 0 Å². The molecule has 0 bridgehead atoms. The highest BCUT2D eigenvalue weighted by molar-refractivity contribution is 6.00. The highest BCUT2D eigenvalue weighted by atomic mass is 19.1. The molecule has 0 aliphatic carbocycles. The van der Waals surface area contributed by atoms with Gasteiger partial charge in [0.25, 0.3) is 5.91 Å². The average Bonchev–Trinajstić information content (AvgIpc) is 3.44. The van der Waals surface area contributed by atoms with Gasteiger partial charge in [-0.25, -0.2) is 19.0 Å². The predicted octanol–water partition coefficient (Wildman–Crippen LogP) is 4.42. The van der Waals surface area contributed by atoms with Crippen LogP contribution in [0.5, 0.6) is 5.75 Å². The van der Waals surface area contributed by atoms with Gasteiger partial charge in [-0.05, 0) is 32.2 Å². The first-order chi connectivity index (χ1) is 20.7. The van der Waals surface area contributed by atoms with Gasteiger partial charge in [-0.15, -0.1) is 5.73 Å². The van der Waals surface area contributed by atoms with Crippen molar-refractivity contribution in [3.8, 4) is 23.1 Å². The van der Waals surface area contributed by atoms with E-state index < -0.39 is 12.1 Å². The van der Waals surface area contributed by atoms with Gasteiger partial charge < -0.3 is 25.2 Å². The van der Waals surface area contributed by atoms with Crippen molar-refractivity contribution in [1.29, 1.82) is 5.26 Å². The molecule has 2 aromatic heterocycles. The van der Waals surface area contributed by atoms with Crippen LogP contribution < -0.4 is 20.3 Å². The fourth-order valence-corrected chi connectivity index (χ4v) is 5.47. The number of carbonyl (C=O) groups is 1. The minimum absolute atomic E-state index is 0.0368. The molecule has 222 valence electrons. The molecule has 1 amide bonds. The van der Waals surface area contributed by atoms with Crippen molar-refractivity contribution in [1.82, 2.24) is 24.6 Å². The van der Waals surface area contributed by atoms with Gasteiger partial charge in [-0.2, -0.15) is 10.4 Å². The zero-order chi connectivity index (χ0) is 30.7. The van der Waals surface area contributed by atoms with E-state index in [0.717, 1.165) is 54.8 Å². The fraction of sp³-hybridized carbons (Fsp3) is 0.355. The van der Waals surface area contributed by atoms with E-state index in [0.29, 0.717) is 28.4 Å². The van der Waals surface area contributed by atoms with Gasteiger partial charge in [0.1, 0.15) is 5.75 Å². The smallest absolute Gasteiger partial charge is 0.263 e. The number of hydrogen-bond acceptors (Lipinski definition) is 9. The molecular formula is C31H34FN9O2. The number of nitrogens with one attached hydrogen (secondary N) is 2. The lowest BCUT2D eigenvalue weighted by Gasteiger charge is -2.36. The van der Waals surface area contributed by atoms with E-state index in [-0.39, 0.29) is 18.3 Å². The summed E-state index contributed by atoms with van der Waals surface area (Å²) in [5, 5.41) is 19.9. The number of anilines is 4. The Labute approximate surface area is 250 Å². The number of halogens is 1. The van der Waals surface area contributed by atoms with Gasteiger partial charge in [0.05, 0.1) is 60.4 Å². The number of fused-ring (bicyclic) bond motifs is 1. The SMILES string of the molecule is C=CC(F)C(=O)Nc1cc(Nc2ncc(CC#N)c(-c3cnn4c3C(C)C=C=C4)n2)c(OC)c(C)c1N1CCN(C)CC1. The van der Waals surface area contributed by atoms with E-state index in [4.69, 9.17) is 9.72 Å². The molecule has 2 aliphatic rings. The number of benzene rings is 1. The average molecular weight is 584 g/mol. The van der Waals surface area contributed by atoms with Crippen LogP contribution in [0.4, 0.5) is 27.4 Å². The Morgan fingerprint density at radius 3 is 2.79 bits per heavy atom. The molecule has 11 nitrogen and oxygen atoms in total. The number of methoxy groups -OCH3 is 1. The Balaban J connectivity index is 1.59. The van der Waals surface area contributed by atoms with Crippen LogP contribution in [0.15, 0.2) is 42.9 Å². The number of aromatic nitrogens is 4. The summed E-state index contributed by atoms with van der Waals surface area (Å²) in [5.41, 5.74) is 8.49. The molecule has 2 unspecified atom stereocenters. The molecule has 2 atom stereocenters. The zero-order valence-electron chi connectivity index (χ0n) is 24.7. The molecule has 4 heterocycles. The van der Waals surface area contributed by atoms with Crippen LogP contribution in [0.1, 0.15) is 29.7 Å². The largest absolute Gasteiger partial charge is 0.494 e. The minimum Gasteiger partial charge on any atom is -0.494 e. The van der Waals surface area contributed by atoms with Crippen LogP contribution in [0.3, 0.4) is 0 Å². The lowest BCUT2D eigenvalue weighted by Crippen LogP contribution is -2.45. The molecule has 2 N–H and O–H groups in total. The van der Waals surface area contributed by atoms with E-state index in [1.54, 1.807) is 36.5 Å². The summed E-state index contributed by atoms with van der Waals surface area (Å²) in [6.07, 6.45) is 6.26. The van der Waals surface area contributed by atoms with Crippen LogP contribution in [-0.2, 0) is 11.2 Å². The van der Waals surface area contributed by atoms with E-state index in [2.05, 4.69) is 55.9 Å². The number of piperazine rings is 1. The number of amides is 1. The summed E-state index contributed by atoms with van der Waals surface area (Å²) in [5.74, 6) is 0.00621. The molecule has 0 saturated carbocycles. The van der Waals surface area contributed by atoms with Gasteiger partial charge in [-0.1, -0.05) is 13.5 Å². The lowest BCUT2D eigenvalue weighted by atomic mass is 9.98. The van der Waals surface area contributed by atoms with Gasteiger partial charge >= 0.3 is 0 Å². The van der Waals surface area contributed by atoms with E-state index in [1.807, 2.05) is 19.9 Å². The van der Waals surface area contributed by atoms with Crippen molar-refractivity contribution in [2.45, 2.75) is 32.4 Å². The molecule has 43 heavy (non-hydrogen) atoms. The van der Waals surface area contributed by atoms with Crippen molar-refractivity contribution in [3.63, 3.8) is 0 Å². The molecule has 3 aromatic rings.